The van der Waals surface area contributed by atoms with Crippen molar-refractivity contribution in [1.29, 1.82) is 0 Å². The van der Waals surface area contributed by atoms with Crippen LogP contribution in [-0.4, -0.2) is 42.9 Å². The largest absolute Gasteiger partial charge is 0.494 e. The Labute approximate surface area is 158 Å². The van der Waals surface area contributed by atoms with Crippen LogP contribution in [0.4, 0.5) is 11.6 Å². The minimum atomic E-state index is -1.25. The molecule has 0 aliphatic carbocycles. The van der Waals surface area contributed by atoms with Gasteiger partial charge in [-0.25, -0.2) is 9.36 Å². The van der Waals surface area contributed by atoms with Gasteiger partial charge in [0.05, 0.1) is 6.61 Å². The number of rotatable bonds is 5. The van der Waals surface area contributed by atoms with E-state index in [2.05, 4.69) is 4.98 Å². The maximum absolute atomic E-state index is 12.8. The van der Waals surface area contributed by atoms with Crippen LogP contribution in [0.5, 0.6) is 5.75 Å². The van der Waals surface area contributed by atoms with Gasteiger partial charge >= 0.3 is 11.7 Å². The van der Waals surface area contributed by atoms with Crippen molar-refractivity contribution in [3.8, 4) is 5.75 Å². The smallest absolute Gasteiger partial charge is 0.333 e. The molecule has 0 saturated carbocycles. The minimum Gasteiger partial charge on any atom is -0.494 e. The highest BCUT2D eigenvalue weighted by Gasteiger charge is 2.29. The first kappa shape index (κ1) is 17.8. The molecule has 1 aromatic carbocycles. The van der Waals surface area contributed by atoms with Crippen molar-refractivity contribution >= 4 is 28.8 Å². The molecule has 1 N–H and O–H groups in total. The number of benzene rings is 1. The van der Waals surface area contributed by atoms with E-state index in [1.54, 1.807) is 4.57 Å². The lowest BCUT2D eigenvalue weighted by atomic mass is 10.3. The number of aliphatic carboxylic acids is 1. The third-order valence-corrected chi connectivity index (χ3v) is 4.75. The van der Waals surface area contributed by atoms with Crippen LogP contribution in [0, 0.1) is 0 Å². The average Bonchev–Trinajstić information content (AvgIpc) is 3.23. The molecule has 0 spiro atoms. The molecular formula is C18H19N5O5. The molecule has 10 nitrogen and oxygen atoms in total. The van der Waals surface area contributed by atoms with Gasteiger partial charge in [-0.15, -0.1) is 0 Å². The molecule has 2 aromatic heterocycles. The number of hydrogen-bond donors (Lipinski definition) is 1. The maximum Gasteiger partial charge on any atom is 0.333 e. The number of aromatic nitrogens is 4. The van der Waals surface area contributed by atoms with Crippen molar-refractivity contribution in [2.75, 3.05) is 18.1 Å². The molecule has 3 heterocycles. The van der Waals surface area contributed by atoms with Gasteiger partial charge in [0.15, 0.2) is 11.2 Å². The number of carboxylic acid groups (broad SMARTS) is 1. The number of aryl methyl sites for hydroxylation is 1. The zero-order valence-corrected chi connectivity index (χ0v) is 15.5. The maximum atomic E-state index is 12.8. The first-order valence-electron chi connectivity index (χ1n) is 8.84. The van der Waals surface area contributed by atoms with Gasteiger partial charge in [-0.1, -0.05) is 0 Å². The Balaban J connectivity index is 1.85. The number of carbonyl (C=O) groups is 1. The second-order valence-corrected chi connectivity index (χ2v) is 6.44. The van der Waals surface area contributed by atoms with Crippen LogP contribution in [0.2, 0.25) is 0 Å². The van der Waals surface area contributed by atoms with Crippen LogP contribution in [0.25, 0.3) is 11.2 Å². The van der Waals surface area contributed by atoms with Crippen molar-refractivity contribution in [1.82, 2.24) is 18.7 Å². The fourth-order valence-electron chi connectivity index (χ4n) is 3.49. The summed E-state index contributed by atoms with van der Waals surface area (Å²) in [7, 11) is 1.48. The van der Waals surface area contributed by atoms with Gasteiger partial charge in [-0.05, 0) is 31.2 Å². The van der Waals surface area contributed by atoms with E-state index in [9.17, 15) is 14.4 Å². The first-order valence-corrected chi connectivity index (χ1v) is 8.84. The first-order chi connectivity index (χ1) is 13.4. The Kier molecular flexibility index (Phi) is 4.17. The Morgan fingerprint density at radius 1 is 1.21 bits per heavy atom. The molecule has 0 amide bonds. The van der Waals surface area contributed by atoms with Crippen molar-refractivity contribution in [2.45, 2.75) is 20.0 Å². The molecule has 0 fully saturated rings. The molecule has 3 aromatic rings. The summed E-state index contributed by atoms with van der Waals surface area (Å²) in [6.07, 6.45) is 0. The summed E-state index contributed by atoms with van der Waals surface area (Å²) >= 11 is 0. The average molecular weight is 385 g/mol. The zero-order valence-electron chi connectivity index (χ0n) is 15.5. The topological polar surface area (TPSA) is 112 Å². The normalized spacial score (nSPS) is 13.1. The number of nitrogens with zero attached hydrogens (tertiary/aromatic N) is 5. The van der Waals surface area contributed by atoms with Crippen LogP contribution in [-0.2, 0) is 24.9 Å². The van der Waals surface area contributed by atoms with Gasteiger partial charge in [0, 0.05) is 25.8 Å². The summed E-state index contributed by atoms with van der Waals surface area (Å²) in [5, 5.41) is 9.03. The number of ether oxygens (including phenoxy) is 1. The number of fused-ring (bicyclic) bond motifs is 3. The lowest BCUT2D eigenvalue weighted by Gasteiger charge is -2.16. The van der Waals surface area contributed by atoms with E-state index in [1.807, 2.05) is 36.1 Å². The highest BCUT2D eigenvalue weighted by molar-refractivity contribution is 5.78. The predicted molar refractivity (Wildman–Crippen MR) is 101 cm³/mol. The highest BCUT2D eigenvalue weighted by atomic mass is 16.5. The van der Waals surface area contributed by atoms with E-state index in [-0.39, 0.29) is 11.2 Å². The van der Waals surface area contributed by atoms with Crippen molar-refractivity contribution in [3.63, 3.8) is 0 Å². The van der Waals surface area contributed by atoms with E-state index in [4.69, 9.17) is 9.84 Å². The molecule has 0 saturated heterocycles. The third kappa shape index (κ3) is 2.65. The van der Waals surface area contributed by atoms with Gasteiger partial charge in [-0.2, -0.15) is 4.98 Å². The number of carboxylic acids is 1. The van der Waals surface area contributed by atoms with Gasteiger partial charge in [-0.3, -0.25) is 14.2 Å². The van der Waals surface area contributed by atoms with Crippen molar-refractivity contribution in [2.24, 2.45) is 7.05 Å². The van der Waals surface area contributed by atoms with Crippen LogP contribution in [0.3, 0.4) is 0 Å². The Morgan fingerprint density at radius 2 is 1.93 bits per heavy atom. The summed E-state index contributed by atoms with van der Waals surface area (Å²) in [5.41, 5.74) is -0.000447. The lowest BCUT2D eigenvalue weighted by Crippen LogP contribution is -2.41. The zero-order chi connectivity index (χ0) is 20.0. The fraction of sp³-hybridized carbons (Fsp3) is 0.333. The summed E-state index contributed by atoms with van der Waals surface area (Å²) in [4.78, 5) is 42.7. The van der Waals surface area contributed by atoms with Gasteiger partial charge < -0.3 is 19.3 Å². The molecule has 1 aliphatic rings. The molecule has 4 rings (SSSR count). The molecule has 146 valence electrons. The highest BCUT2D eigenvalue weighted by Crippen LogP contribution is 2.32. The number of anilines is 2. The molecule has 1 aliphatic heterocycles. The van der Waals surface area contributed by atoms with E-state index < -0.39 is 23.8 Å². The SMILES string of the molecule is CCOc1ccc(N2CCn3c2nc2c3c(=O)n(CC(=O)O)c(=O)n2C)cc1. The van der Waals surface area contributed by atoms with E-state index >= 15 is 0 Å². The lowest BCUT2D eigenvalue weighted by molar-refractivity contribution is -0.137. The quantitative estimate of drug-likeness (QED) is 0.682. The predicted octanol–water partition coefficient (Wildman–Crippen LogP) is 0.532. The molecule has 0 radical (unpaired) electrons. The Morgan fingerprint density at radius 3 is 2.57 bits per heavy atom. The Hall–Kier alpha value is -3.56. The summed E-state index contributed by atoms with van der Waals surface area (Å²) < 4.78 is 9.12. The monoisotopic (exact) mass is 385 g/mol. The van der Waals surface area contributed by atoms with Crippen molar-refractivity contribution < 1.29 is 14.6 Å². The molecule has 10 heteroatoms. The summed E-state index contributed by atoms with van der Waals surface area (Å²) in [6, 6.07) is 7.53. The molecular weight excluding hydrogens is 366 g/mol. The molecule has 0 bridgehead atoms. The fourth-order valence-corrected chi connectivity index (χ4v) is 3.49. The third-order valence-electron chi connectivity index (χ3n) is 4.75. The standard InChI is InChI=1S/C18H19N5O5/c1-3-28-12-6-4-11(5-7-12)21-8-9-22-14-15(19-17(21)22)20(2)18(27)23(16(14)26)10-13(24)25/h4-7H,3,8-10H2,1-2H3,(H,24,25). The second kappa shape index (κ2) is 6.55. The van der Waals surface area contributed by atoms with Crippen molar-refractivity contribution in [3.05, 3.63) is 45.1 Å². The van der Waals surface area contributed by atoms with Crippen LogP contribution in [0.15, 0.2) is 33.9 Å². The van der Waals surface area contributed by atoms with E-state index in [0.29, 0.717) is 25.6 Å². The van der Waals surface area contributed by atoms with Gasteiger partial charge in [0.1, 0.15) is 12.3 Å². The van der Waals surface area contributed by atoms with Crippen LogP contribution in [0.1, 0.15) is 6.92 Å². The summed E-state index contributed by atoms with van der Waals surface area (Å²) in [5.74, 6) is 0.0490. The second-order valence-electron chi connectivity index (χ2n) is 6.44. The van der Waals surface area contributed by atoms with E-state index in [0.717, 1.165) is 16.0 Å². The molecule has 0 atom stereocenters. The summed E-state index contributed by atoms with van der Waals surface area (Å²) in [6.45, 7) is 2.91. The molecule has 0 unspecified atom stereocenters. The molecule has 28 heavy (non-hydrogen) atoms. The number of hydrogen-bond acceptors (Lipinski definition) is 6. The van der Waals surface area contributed by atoms with E-state index in [1.165, 1.54) is 11.6 Å². The van der Waals surface area contributed by atoms with Crippen LogP contribution >= 0.6 is 0 Å². The Bertz CT molecular complexity index is 1190. The minimum absolute atomic E-state index is 0.229. The van der Waals surface area contributed by atoms with Crippen LogP contribution < -0.4 is 20.9 Å². The number of imidazole rings is 1. The van der Waals surface area contributed by atoms with Gasteiger partial charge in [0.2, 0.25) is 5.95 Å². The van der Waals surface area contributed by atoms with Gasteiger partial charge in [0.25, 0.3) is 5.56 Å².